The zero-order valence-corrected chi connectivity index (χ0v) is 8.52. The highest BCUT2D eigenvalue weighted by Gasteiger charge is 2.29. The molecule has 1 unspecified atom stereocenters. The summed E-state index contributed by atoms with van der Waals surface area (Å²) in [5, 5.41) is 0. The summed E-state index contributed by atoms with van der Waals surface area (Å²) in [4.78, 5) is 4.55. The fourth-order valence-corrected chi connectivity index (χ4v) is 1.92. The molecule has 0 aromatic heterocycles. The molecule has 0 bridgehead atoms. The molecule has 1 fully saturated rings. The number of benzene rings is 1. The van der Waals surface area contributed by atoms with Crippen molar-refractivity contribution in [2.45, 2.75) is 18.9 Å². The van der Waals surface area contributed by atoms with Crippen LogP contribution in [0.2, 0.25) is 0 Å². The predicted octanol–water partition coefficient (Wildman–Crippen LogP) is 1.89. The van der Waals surface area contributed by atoms with Gasteiger partial charge in [-0.15, -0.1) is 0 Å². The van der Waals surface area contributed by atoms with Gasteiger partial charge in [0.05, 0.1) is 5.84 Å². The van der Waals surface area contributed by atoms with Crippen molar-refractivity contribution in [3.8, 4) is 5.75 Å². The van der Waals surface area contributed by atoms with Crippen LogP contribution in [0.5, 0.6) is 5.75 Å². The number of para-hydroxylation sites is 1. The summed E-state index contributed by atoms with van der Waals surface area (Å²) >= 11 is 0. The Labute approximate surface area is 89.0 Å². The number of amidine groups is 1. The molecule has 1 atom stereocenters. The van der Waals surface area contributed by atoms with E-state index in [4.69, 9.17) is 10.5 Å². The van der Waals surface area contributed by atoms with Crippen LogP contribution in [0.4, 0.5) is 0 Å². The molecule has 0 spiro atoms. The molecule has 0 amide bonds. The molecule has 1 aliphatic heterocycles. The second-order valence-corrected chi connectivity index (χ2v) is 4.19. The van der Waals surface area contributed by atoms with Crippen molar-refractivity contribution in [1.82, 2.24) is 0 Å². The van der Waals surface area contributed by atoms with E-state index in [1.807, 2.05) is 18.2 Å². The molecule has 1 aromatic carbocycles. The van der Waals surface area contributed by atoms with Gasteiger partial charge in [-0.2, -0.15) is 0 Å². The van der Waals surface area contributed by atoms with Crippen molar-refractivity contribution >= 4 is 5.84 Å². The highest BCUT2D eigenvalue weighted by atomic mass is 16.5. The lowest BCUT2D eigenvalue weighted by molar-refractivity contribution is 0.333. The first kappa shape index (κ1) is 8.77. The van der Waals surface area contributed by atoms with Gasteiger partial charge in [0, 0.05) is 11.5 Å². The molecule has 3 heteroatoms. The van der Waals surface area contributed by atoms with Crippen LogP contribution in [0.25, 0.3) is 0 Å². The smallest absolute Gasteiger partial charge is 0.124 e. The highest BCUT2D eigenvalue weighted by Crippen LogP contribution is 2.36. The molecule has 3 rings (SSSR count). The number of rotatable bonds is 2. The lowest BCUT2D eigenvalue weighted by Gasteiger charge is -2.04. The standard InChI is InChI=1S/C12H14N2O/c13-12(8-5-6-8)14-10-7-15-11-4-2-1-3-9(10)11/h1-4,8,10H,5-7H2,(H2,13,14). The average molecular weight is 202 g/mol. The van der Waals surface area contributed by atoms with E-state index >= 15 is 0 Å². The lowest BCUT2D eigenvalue weighted by atomic mass is 10.1. The van der Waals surface area contributed by atoms with Crippen LogP contribution in [0.1, 0.15) is 24.4 Å². The second-order valence-electron chi connectivity index (χ2n) is 4.19. The SMILES string of the molecule is NC(=NC1COc2ccccc21)C1CC1. The number of fused-ring (bicyclic) bond motifs is 1. The molecule has 1 aromatic rings. The fourth-order valence-electron chi connectivity index (χ4n) is 1.92. The first-order valence-corrected chi connectivity index (χ1v) is 5.39. The third kappa shape index (κ3) is 1.58. The van der Waals surface area contributed by atoms with Crippen LogP contribution in [-0.4, -0.2) is 12.4 Å². The summed E-state index contributed by atoms with van der Waals surface area (Å²) in [6.45, 7) is 0.632. The first-order valence-electron chi connectivity index (χ1n) is 5.39. The number of ether oxygens (including phenoxy) is 1. The largest absolute Gasteiger partial charge is 0.491 e. The minimum Gasteiger partial charge on any atom is -0.491 e. The number of aliphatic imine (C=N–C) groups is 1. The predicted molar refractivity (Wildman–Crippen MR) is 59.0 cm³/mol. The highest BCUT2D eigenvalue weighted by molar-refractivity contribution is 5.85. The molecule has 0 saturated heterocycles. The molecule has 2 N–H and O–H groups in total. The van der Waals surface area contributed by atoms with Gasteiger partial charge in [-0.1, -0.05) is 18.2 Å². The lowest BCUT2D eigenvalue weighted by Crippen LogP contribution is -2.16. The van der Waals surface area contributed by atoms with Gasteiger partial charge in [0.25, 0.3) is 0 Å². The molecular weight excluding hydrogens is 188 g/mol. The van der Waals surface area contributed by atoms with E-state index in [0.717, 1.165) is 11.6 Å². The molecule has 15 heavy (non-hydrogen) atoms. The van der Waals surface area contributed by atoms with Gasteiger partial charge >= 0.3 is 0 Å². The van der Waals surface area contributed by atoms with Crippen molar-refractivity contribution in [1.29, 1.82) is 0 Å². The van der Waals surface area contributed by atoms with Crippen molar-refractivity contribution < 1.29 is 4.74 Å². The summed E-state index contributed by atoms with van der Waals surface area (Å²) < 4.78 is 5.55. The van der Waals surface area contributed by atoms with Gasteiger partial charge < -0.3 is 10.5 Å². The average Bonchev–Trinajstić information content (AvgIpc) is 3.03. The molecule has 2 aliphatic rings. The summed E-state index contributed by atoms with van der Waals surface area (Å²) in [7, 11) is 0. The van der Waals surface area contributed by atoms with E-state index in [9.17, 15) is 0 Å². The van der Waals surface area contributed by atoms with Gasteiger partial charge in [-0.25, -0.2) is 0 Å². The molecular formula is C12H14N2O. The first-order chi connectivity index (χ1) is 7.34. The van der Waals surface area contributed by atoms with Crippen molar-refractivity contribution in [3.63, 3.8) is 0 Å². The Morgan fingerprint density at radius 3 is 2.93 bits per heavy atom. The Balaban J connectivity index is 1.87. The number of nitrogens with two attached hydrogens (primary N) is 1. The Morgan fingerprint density at radius 1 is 1.33 bits per heavy atom. The Morgan fingerprint density at radius 2 is 2.13 bits per heavy atom. The van der Waals surface area contributed by atoms with Crippen LogP contribution in [0, 0.1) is 5.92 Å². The van der Waals surface area contributed by atoms with Crippen molar-refractivity contribution in [2.75, 3.05) is 6.61 Å². The topological polar surface area (TPSA) is 47.6 Å². The van der Waals surface area contributed by atoms with Crippen molar-refractivity contribution in [3.05, 3.63) is 29.8 Å². The van der Waals surface area contributed by atoms with Gasteiger partial charge in [0.15, 0.2) is 0 Å². The Kier molecular flexibility index (Phi) is 1.91. The van der Waals surface area contributed by atoms with Gasteiger partial charge in [0.2, 0.25) is 0 Å². The van der Waals surface area contributed by atoms with E-state index in [-0.39, 0.29) is 6.04 Å². The van der Waals surface area contributed by atoms with Crippen LogP contribution in [0.3, 0.4) is 0 Å². The zero-order valence-electron chi connectivity index (χ0n) is 8.52. The quantitative estimate of drug-likeness (QED) is 0.588. The summed E-state index contributed by atoms with van der Waals surface area (Å²) in [6, 6.07) is 8.16. The second kappa shape index (κ2) is 3.26. The molecule has 0 radical (unpaired) electrons. The Bertz CT molecular complexity index is 410. The minimum atomic E-state index is 0.113. The minimum absolute atomic E-state index is 0.113. The molecule has 1 heterocycles. The van der Waals surface area contributed by atoms with Crippen LogP contribution >= 0.6 is 0 Å². The maximum atomic E-state index is 5.91. The van der Waals surface area contributed by atoms with Crippen LogP contribution in [-0.2, 0) is 0 Å². The van der Waals surface area contributed by atoms with E-state index in [2.05, 4.69) is 11.1 Å². The Hall–Kier alpha value is -1.51. The number of hydrogen-bond acceptors (Lipinski definition) is 2. The monoisotopic (exact) mass is 202 g/mol. The van der Waals surface area contributed by atoms with E-state index < -0.39 is 0 Å². The van der Waals surface area contributed by atoms with Crippen LogP contribution < -0.4 is 10.5 Å². The van der Waals surface area contributed by atoms with Gasteiger partial charge in [0.1, 0.15) is 18.4 Å². The molecule has 1 saturated carbocycles. The maximum absolute atomic E-state index is 5.91. The molecule has 1 aliphatic carbocycles. The van der Waals surface area contributed by atoms with Crippen LogP contribution in [0.15, 0.2) is 29.3 Å². The number of hydrogen-bond donors (Lipinski definition) is 1. The number of nitrogens with zero attached hydrogens (tertiary/aromatic N) is 1. The summed E-state index contributed by atoms with van der Waals surface area (Å²) in [5.74, 6) is 2.30. The van der Waals surface area contributed by atoms with E-state index in [1.165, 1.54) is 18.4 Å². The summed E-state index contributed by atoms with van der Waals surface area (Å²) in [5.41, 5.74) is 7.08. The zero-order chi connectivity index (χ0) is 10.3. The van der Waals surface area contributed by atoms with E-state index in [0.29, 0.717) is 12.5 Å². The fraction of sp³-hybridized carbons (Fsp3) is 0.417. The van der Waals surface area contributed by atoms with Gasteiger partial charge in [-0.05, 0) is 18.9 Å². The molecule has 3 nitrogen and oxygen atoms in total. The van der Waals surface area contributed by atoms with Crippen molar-refractivity contribution in [2.24, 2.45) is 16.6 Å². The molecule has 78 valence electrons. The third-order valence-electron chi connectivity index (χ3n) is 2.98. The van der Waals surface area contributed by atoms with Gasteiger partial charge in [-0.3, -0.25) is 4.99 Å². The third-order valence-corrected chi connectivity index (χ3v) is 2.98. The maximum Gasteiger partial charge on any atom is 0.124 e. The van der Waals surface area contributed by atoms with E-state index in [1.54, 1.807) is 0 Å². The summed E-state index contributed by atoms with van der Waals surface area (Å²) in [6.07, 6.45) is 2.40. The normalized spacial score (nSPS) is 24.8.